The third-order valence-corrected chi connectivity index (χ3v) is 3.54. The Morgan fingerprint density at radius 1 is 1.05 bits per heavy atom. The number of Topliss-reactive ketones (excluding diaryl/α,β-unsaturated/α-hetero) is 1. The highest BCUT2D eigenvalue weighted by molar-refractivity contribution is 5.75. The number of hydrogen-bond donors (Lipinski definition) is 0. The Kier molecular flexibility index (Phi) is 6.55. The number of rotatable bonds is 9. The Bertz CT molecular complexity index is 518. The van der Waals surface area contributed by atoms with Crippen LogP contribution in [0.1, 0.15) is 39.0 Å². The molecule has 4 heteroatoms. The van der Waals surface area contributed by atoms with Crippen molar-refractivity contribution in [3.63, 3.8) is 0 Å². The van der Waals surface area contributed by atoms with Gasteiger partial charge < -0.3 is 9.69 Å². The van der Waals surface area contributed by atoms with E-state index >= 15 is 0 Å². The Morgan fingerprint density at radius 3 is 2.59 bits per heavy atom. The summed E-state index contributed by atoms with van der Waals surface area (Å²) in [6.45, 7) is 2.56. The number of anilines is 2. The molecule has 0 fully saturated rings. The first-order chi connectivity index (χ1) is 10.8. The van der Waals surface area contributed by atoms with Crippen molar-refractivity contribution < 1.29 is 4.79 Å². The SMILES string of the molecule is CC(=O)CCCCCCN(c1cccnc1)c1ccccn1. The van der Waals surface area contributed by atoms with Crippen LogP contribution < -0.4 is 4.90 Å². The van der Waals surface area contributed by atoms with E-state index in [4.69, 9.17) is 0 Å². The molecule has 116 valence electrons. The molecule has 2 rings (SSSR count). The molecule has 0 amide bonds. The molecule has 0 radical (unpaired) electrons. The third-order valence-electron chi connectivity index (χ3n) is 3.54. The van der Waals surface area contributed by atoms with E-state index in [0.717, 1.165) is 43.7 Å². The average molecular weight is 297 g/mol. The smallest absolute Gasteiger partial charge is 0.132 e. The summed E-state index contributed by atoms with van der Waals surface area (Å²) in [6, 6.07) is 9.93. The maximum Gasteiger partial charge on any atom is 0.132 e. The lowest BCUT2D eigenvalue weighted by molar-refractivity contribution is -0.117. The van der Waals surface area contributed by atoms with Gasteiger partial charge in [0.05, 0.1) is 11.9 Å². The first-order valence-electron chi connectivity index (χ1n) is 7.85. The first-order valence-corrected chi connectivity index (χ1v) is 7.85. The van der Waals surface area contributed by atoms with Gasteiger partial charge in [-0.25, -0.2) is 4.98 Å². The van der Waals surface area contributed by atoms with E-state index < -0.39 is 0 Å². The lowest BCUT2D eigenvalue weighted by Gasteiger charge is -2.23. The number of carbonyl (C=O) groups excluding carboxylic acids is 1. The van der Waals surface area contributed by atoms with Crippen LogP contribution in [0.15, 0.2) is 48.9 Å². The van der Waals surface area contributed by atoms with E-state index in [-0.39, 0.29) is 5.78 Å². The fraction of sp³-hybridized carbons (Fsp3) is 0.389. The molecule has 0 aliphatic carbocycles. The zero-order valence-electron chi connectivity index (χ0n) is 13.1. The molecule has 0 N–H and O–H groups in total. The van der Waals surface area contributed by atoms with Crippen LogP contribution in [0.25, 0.3) is 0 Å². The van der Waals surface area contributed by atoms with E-state index in [9.17, 15) is 4.79 Å². The monoisotopic (exact) mass is 297 g/mol. The van der Waals surface area contributed by atoms with Crippen LogP contribution in [0.2, 0.25) is 0 Å². The maximum absolute atomic E-state index is 10.9. The lowest BCUT2D eigenvalue weighted by atomic mass is 10.1. The Morgan fingerprint density at radius 2 is 1.91 bits per heavy atom. The number of aromatic nitrogens is 2. The summed E-state index contributed by atoms with van der Waals surface area (Å²) in [7, 11) is 0. The van der Waals surface area contributed by atoms with Crippen LogP contribution in [0.4, 0.5) is 11.5 Å². The zero-order chi connectivity index (χ0) is 15.6. The van der Waals surface area contributed by atoms with Gasteiger partial charge in [0.15, 0.2) is 0 Å². The average Bonchev–Trinajstić information content (AvgIpc) is 2.55. The molecular formula is C18H23N3O. The number of unbranched alkanes of at least 4 members (excludes halogenated alkanes) is 3. The molecule has 0 spiro atoms. The lowest BCUT2D eigenvalue weighted by Crippen LogP contribution is -2.19. The van der Waals surface area contributed by atoms with Crippen LogP contribution in [-0.4, -0.2) is 22.3 Å². The predicted molar refractivity (Wildman–Crippen MR) is 89.2 cm³/mol. The van der Waals surface area contributed by atoms with Crippen LogP contribution >= 0.6 is 0 Å². The normalized spacial score (nSPS) is 10.4. The van der Waals surface area contributed by atoms with Crippen molar-refractivity contribution in [3.05, 3.63) is 48.9 Å². The van der Waals surface area contributed by atoms with Crippen molar-refractivity contribution >= 4 is 17.3 Å². The van der Waals surface area contributed by atoms with Crippen molar-refractivity contribution in [3.8, 4) is 0 Å². The number of nitrogens with zero attached hydrogens (tertiary/aromatic N) is 3. The highest BCUT2D eigenvalue weighted by atomic mass is 16.1. The zero-order valence-corrected chi connectivity index (χ0v) is 13.1. The fourth-order valence-corrected chi connectivity index (χ4v) is 2.40. The van der Waals surface area contributed by atoms with Crippen molar-refractivity contribution in [1.82, 2.24) is 9.97 Å². The van der Waals surface area contributed by atoms with Crippen LogP contribution in [0, 0.1) is 0 Å². The highest BCUT2D eigenvalue weighted by Gasteiger charge is 2.09. The molecule has 0 aliphatic heterocycles. The van der Waals surface area contributed by atoms with Gasteiger partial charge >= 0.3 is 0 Å². The molecule has 2 heterocycles. The summed E-state index contributed by atoms with van der Waals surface area (Å²) >= 11 is 0. The summed E-state index contributed by atoms with van der Waals surface area (Å²) in [5.41, 5.74) is 1.06. The van der Waals surface area contributed by atoms with Gasteiger partial charge in [0, 0.05) is 25.4 Å². The first kappa shape index (κ1) is 16.1. The quantitative estimate of drug-likeness (QED) is 0.652. The summed E-state index contributed by atoms with van der Waals surface area (Å²) in [5.74, 6) is 1.23. The van der Waals surface area contributed by atoms with E-state index in [2.05, 4.69) is 20.9 Å². The predicted octanol–water partition coefficient (Wildman–Crippen LogP) is 4.15. The van der Waals surface area contributed by atoms with Crippen molar-refractivity contribution in [2.24, 2.45) is 0 Å². The molecule has 0 aromatic carbocycles. The standard InChI is InChI=1S/C18H23N3O/c1-16(22)9-4-2-3-7-14-21(17-10-8-12-19-15-17)18-11-5-6-13-20-18/h5-6,8,10-13,15H,2-4,7,9,14H2,1H3. The third kappa shape index (κ3) is 5.28. The summed E-state index contributed by atoms with van der Waals surface area (Å²) in [6.07, 6.45) is 10.4. The van der Waals surface area contributed by atoms with Crippen LogP contribution in [0.5, 0.6) is 0 Å². The fourth-order valence-electron chi connectivity index (χ4n) is 2.40. The second-order valence-corrected chi connectivity index (χ2v) is 5.42. The minimum absolute atomic E-state index is 0.283. The van der Waals surface area contributed by atoms with Crippen LogP contribution in [0.3, 0.4) is 0 Å². The molecule has 0 saturated carbocycles. The van der Waals surface area contributed by atoms with Crippen LogP contribution in [-0.2, 0) is 4.79 Å². The number of carbonyl (C=O) groups is 1. The van der Waals surface area contributed by atoms with Crippen molar-refractivity contribution in [2.75, 3.05) is 11.4 Å². The van der Waals surface area contributed by atoms with Gasteiger partial charge in [-0.1, -0.05) is 18.9 Å². The Hall–Kier alpha value is -2.23. The molecule has 0 aliphatic rings. The number of ketones is 1. The second-order valence-electron chi connectivity index (χ2n) is 5.42. The largest absolute Gasteiger partial charge is 0.325 e. The molecule has 0 atom stereocenters. The van der Waals surface area contributed by atoms with Gasteiger partial charge in [-0.15, -0.1) is 0 Å². The van der Waals surface area contributed by atoms with E-state index in [1.165, 1.54) is 0 Å². The molecule has 0 bridgehead atoms. The van der Waals surface area contributed by atoms with Gasteiger partial charge in [0.2, 0.25) is 0 Å². The molecule has 2 aromatic rings. The summed E-state index contributed by atoms with van der Waals surface area (Å²) < 4.78 is 0. The van der Waals surface area contributed by atoms with Crippen molar-refractivity contribution in [2.45, 2.75) is 39.0 Å². The number of hydrogen-bond acceptors (Lipinski definition) is 4. The van der Waals surface area contributed by atoms with Gasteiger partial charge in [0.25, 0.3) is 0 Å². The molecule has 2 aromatic heterocycles. The molecule has 22 heavy (non-hydrogen) atoms. The molecule has 4 nitrogen and oxygen atoms in total. The van der Waals surface area contributed by atoms with Gasteiger partial charge in [-0.2, -0.15) is 0 Å². The Balaban J connectivity index is 1.91. The second kappa shape index (κ2) is 8.93. The van der Waals surface area contributed by atoms with E-state index in [0.29, 0.717) is 6.42 Å². The minimum atomic E-state index is 0.283. The van der Waals surface area contributed by atoms with Crippen molar-refractivity contribution in [1.29, 1.82) is 0 Å². The van der Waals surface area contributed by atoms with Gasteiger partial charge in [-0.3, -0.25) is 4.98 Å². The van der Waals surface area contributed by atoms with Gasteiger partial charge in [-0.05, 0) is 44.0 Å². The molecule has 0 unspecified atom stereocenters. The van der Waals surface area contributed by atoms with E-state index in [1.54, 1.807) is 13.1 Å². The summed E-state index contributed by atoms with van der Waals surface area (Å²) in [5, 5.41) is 0. The highest BCUT2D eigenvalue weighted by Crippen LogP contribution is 2.22. The molecule has 0 saturated heterocycles. The van der Waals surface area contributed by atoms with Gasteiger partial charge in [0.1, 0.15) is 11.6 Å². The summed E-state index contributed by atoms with van der Waals surface area (Å²) in [4.78, 5) is 21.8. The Labute approximate surface area is 132 Å². The maximum atomic E-state index is 10.9. The topological polar surface area (TPSA) is 46.1 Å². The number of pyridine rings is 2. The minimum Gasteiger partial charge on any atom is -0.325 e. The molecular weight excluding hydrogens is 274 g/mol. The van der Waals surface area contributed by atoms with E-state index in [1.807, 2.05) is 36.7 Å².